The summed E-state index contributed by atoms with van der Waals surface area (Å²) >= 11 is 0. The average Bonchev–Trinajstić information content (AvgIpc) is 1.80. The Morgan fingerprint density at radius 2 is 2.11 bits per heavy atom. The first-order chi connectivity index (χ1) is 4.27. The third-order valence-corrected chi connectivity index (χ3v) is 0.686. The van der Waals surface area contributed by atoms with Gasteiger partial charge in [0.2, 0.25) is 0 Å². The maximum absolute atomic E-state index is 9.75. The largest absolute Gasteiger partial charge is 0.366 e. The van der Waals surface area contributed by atoms with Crippen molar-refractivity contribution in [3.05, 3.63) is 0 Å². The smallest absolute Gasteiger partial charge is 0.143 e. The molecule has 0 unspecified atom stereocenters. The first-order valence-corrected chi connectivity index (χ1v) is 2.92. The van der Waals surface area contributed by atoms with E-state index in [0.717, 1.165) is 0 Å². The van der Waals surface area contributed by atoms with Crippen LogP contribution in [-0.4, -0.2) is 19.3 Å². The highest BCUT2D eigenvalue weighted by atomic mass is 16.5. The van der Waals surface area contributed by atoms with Crippen LogP contribution < -0.4 is 0 Å². The van der Waals surface area contributed by atoms with Crippen molar-refractivity contribution in [2.24, 2.45) is 0 Å². The predicted octanol–water partition coefficient (Wildman–Crippen LogP) is 0.845. The van der Waals surface area contributed by atoms with Crippen molar-refractivity contribution in [2.45, 2.75) is 20.0 Å². The standard InChI is InChI=1S/C7H11O2/c1-7(2)9-6-4-3-5-8/h7H,5-6H2,1-2H3. The van der Waals surface area contributed by atoms with Crippen molar-refractivity contribution in [3.63, 3.8) is 0 Å². The van der Waals surface area contributed by atoms with Gasteiger partial charge in [-0.25, -0.2) is 5.11 Å². The van der Waals surface area contributed by atoms with Crippen LogP contribution in [0.4, 0.5) is 0 Å². The van der Waals surface area contributed by atoms with Crippen LogP contribution in [-0.2, 0) is 9.84 Å². The zero-order chi connectivity index (χ0) is 7.11. The number of ether oxygens (including phenoxy) is 1. The van der Waals surface area contributed by atoms with Crippen molar-refractivity contribution in [1.29, 1.82) is 0 Å². The van der Waals surface area contributed by atoms with Crippen molar-refractivity contribution < 1.29 is 9.84 Å². The van der Waals surface area contributed by atoms with Crippen LogP contribution in [0.1, 0.15) is 13.8 Å². The SMILES string of the molecule is CC(C)OCC#CC[O]. The molecular weight excluding hydrogens is 116 g/mol. The van der Waals surface area contributed by atoms with E-state index in [1.807, 2.05) is 13.8 Å². The highest BCUT2D eigenvalue weighted by Gasteiger charge is 1.86. The van der Waals surface area contributed by atoms with Crippen LogP contribution >= 0.6 is 0 Å². The summed E-state index contributed by atoms with van der Waals surface area (Å²) in [5, 5.41) is 9.75. The van der Waals surface area contributed by atoms with E-state index in [2.05, 4.69) is 11.8 Å². The summed E-state index contributed by atoms with van der Waals surface area (Å²) in [7, 11) is 0. The van der Waals surface area contributed by atoms with Crippen molar-refractivity contribution in [2.75, 3.05) is 13.2 Å². The summed E-state index contributed by atoms with van der Waals surface area (Å²) in [6, 6.07) is 0. The van der Waals surface area contributed by atoms with Crippen LogP contribution in [0, 0.1) is 11.8 Å². The molecule has 0 spiro atoms. The minimum Gasteiger partial charge on any atom is -0.366 e. The first kappa shape index (κ1) is 8.48. The third kappa shape index (κ3) is 7.48. The molecule has 2 nitrogen and oxygen atoms in total. The molecule has 0 atom stereocenters. The number of hydrogen-bond acceptors (Lipinski definition) is 1. The fourth-order valence-corrected chi connectivity index (χ4v) is 0.310. The summed E-state index contributed by atoms with van der Waals surface area (Å²) in [5.74, 6) is 4.95. The normalized spacial score (nSPS) is 8.89. The Hall–Kier alpha value is -0.520. The maximum atomic E-state index is 9.75. The van der Waals surface area contributed by atoms with Gasteiger partial charge in [0.05, 0.1) is 6.10 Å². The monoisotopic (exact) mass is 127 g/mol. The van der Waals surface area contributed by atoms with Gasteiger partial charge in [-0.1, -0.05) is 11.8 Å². The molecule has 9 heavy (non-hydrogen) atoms. The molecule has 0 bridgehead atoms. The Morgan fingerprint density at radius 1 is 1.44 bits per heavy atom. The molecule has 0 N–H and O–H groups in total. The third-order valence-electron chi connectivity index (χ3n) is 0.686. The second-order valence-corrected chi connectivity index (χ2v) is 1.86. The Kier molecular flexibility index (Phi) is 5.29. The molecule has 0 saturated heterocycles. The van der Waals surface area contributed by atoms with Crippen LogP contribution in [0.15, 0.2) is 0 Å². The van der Waals surface area contributed by atoms with E-state index >= 15 is 0 Å². The molecule has 0 aliphatic carbocycles. The summed E-state index contributed by atoms with van der Waals surface area (Å²) in [4.78, 5) is 0. The lowest BCUT2D eigenvalue weighted by molar-refractivity contribution is 0.106. The molecular formula is C7H11O2. The van der Waals surface area contributed by atoms with E-state index in [0.29, 0.717) is 6.61 Å². The van der Waals surface area contributed by atoms with Crippen LogP contribution in [0.5, 0.6) is 0 Å². The minimum absolute atomic E-state index is 0.200. The van der Waals surface area contributed by atoms with Gasteiger partial charge in [0.1, 0.15) is 13.2 Å². The van der Waals surface area contributed by atoms with Gasteiger partial charge in [0.25, 0.3) is 0 Å². The van der Waals surface area contributed by atoms with E-state index in [1.54, 1.807) is 0 Å². The lowest BCUT2D eigenvalue weighted by Gasteiger charge is -2.00. The Bertz CT molecular complexity index is 108. The fraction of sp³-hybridized carbons (Fsp3) is 0.714. The fourth-order valence-electron chi connectivity index (χ4n) is 0.310. The highest BCUT2D eigenvalue weighted by molar-refractivity contribution is 4.98. The van der Waals surface area contributed by atoms with Crippen LogP contribution in [0.2, 0.25) is 0 Å². The molecule has 51 valence electrons. The average molecular weight is 127 g/mol. The van der Waals surface area contributed by atoms with E-state index < -0.39 is 0 Å². The molecule has 2 heteroatoms. The van der Waals surface area contributed by atoms with E-state index in [9.17, 15) is 5.11 Å². The topological polar surface area (TPSA) is 29.1 Å². The molecule has 0 aromatic rings. The Morgan fingerprint density at radius 3 is 2.56 bits per heavy atom. The maximum Gasteiger partial charge on any atom is 0.143 e. The van der Waals surface area contributed by atoms with Gasteiger partial charge in [-0.3, -0.25) is 0 Å². The molecule has 0 saturated carbocycles. The summed E-state index contributed by atoms with van der Waals surface area (Å²) in [6.07, 6.45) is 0.200. The molecule has 0 aromatic carbocycles. The first-order valence-electron chi connectivity index (χ1n) is 2.92. The van der Waals surface area contributed by atoms with Gasteiger partial charge in [0, 0.05) is 0 Å². The summed E-state index contributed by atoms with van der Waals surface area (Å²) in [5.41, 5.74) is 0. The quantitative estimate of drug-likeness (QED) is 0.505. The molecule has 0 fully saturated rings. The Balaban J connectivity index is 3.09. The van der Waals surface area contributed by atoms with Gasteiger partial charge in [0.15, 0.2) is 0 Å². The summed E-state index contributed by atoms with van der Waals surface area (Å²) < 4.78 is 5.03. The van der Waals surface area contributed by atoms with E-state index in [1.165, 1.54) is 0 Å². The van der Waals surface area contributed by atoms with Crippen LogP contribution in [0.3, 0.4) is 0 Å². The molecule has 0 rings (SSSR count). The number of rotatable bonds is 2. The van der Waals surface area contributed by atoms with Gasteiger partial charge in [-0.15, -0.1) is 0 Å². The van der Waals surface area contributed by atoms with Crippen molar-refractivity contribution >= 4 is 0 Å². The van der Waals surface area contributed by atoms with Gasteiger partial charge in [-0.2, -0.15) is 0 Å². The summed E-state index contributed by atoms with van der Waals surface area (Å²) in [6.45, 7) is 3.90. The van der Waals surface area contributed by atoms with Gasteiger partial charge >= 0.3 is 0 Å². The molecule has 0 amide bonds. The molecule has 0 aliphatic heterocycles. The molecule has 0 aromatic heterocycles. The molecule has 0 heterocycles. The zero-order valence-corrected chi connectivity index (χ0v) is 5.81. The van der Waals surface area contributed by atoms with Gasteiger partial charge < -0.3 is 4.74 Å². The van der Waals surface area contributed by atoms with Crippen molar-refractivity contribution in [3.8, 4) is 11.8 Å². The Labute approximate surface area is 55.8 Å². The lowest BCUT2D eigenvalue weighted by Crippen LogP contribution is -2.01. The zero-order valence-electron chi connectivity index (χ0n) is 5.81. The van der Waals surface area contributed by atoms with E-state index in [-0.39, 0.29) is 12.7 Å². The highest BCUT2D eigenvalue weighted by Crippen LogP contribution is 1.83. The molecule has 1 radical (unpaired) electrons. The number of hydrogen-bond donors (Lipinski definition) is 0. The lowest BCUT2D eigenvalue weighted by atomic mass is 10.5. The van der Waals surface area contributed by atoms with Crippen LogP contribution in [0.25, 0.3) is 0 Å². The molecule has 0 aliphatic rings. The second-order valence-electron chi connectivity index (χ2n) is 1.86. The van der Waals surface area contributed by atoms with E-state index in [4.69, 9.17) is 4.74 Å². The minimum atomic E-state index is -0.332. The van der Waals surface area contributed by atoms with Gasteiger partial charge in [-0.05, 0) is 13.8 Å². The predicted molar refractivity (Wildman–Crippen MR) is 34.4 cm³/mol. The second kappa shape index (κ2) is 5.61. The van der Waals surface area contributed by atoms with Crippen molar-refractivity contribution in [1.82, 2.24) is 0 Å².